The fraction of sp³-hybridized carbons (Fsp3) is 0.148. The van der Waals surface area contributed by atoms with Gasteiger partial charge in [-0.25, -0.2) is 19.3 Å². The summed E-state index contributed by atoms with van der Waals surface area (Å²) in [6.45, 7) is 0. The van der Waals surface area contributed by atoms with Crippen LogP contribution in [-0.4, -0.2) is 46.0 Å². The molecular weight excluding hydrogens is 485 g/mol. The van der Waals surface area contributed by atoms with Gasteiger partial charge in [-0.3, -0.25) is 19.9 Å². The molecule has 38 heavy (non-hydrogen) atoms. The molecule has 1 amide bonds. The minimum absolute atomic E-state index is 0.0271. The molecule has 0 unspecified atom stereocenters. The molecule has 0 bridgehead atoms. The van der Waals surface area contributed by atoms with Crippen molar-refractivity contribution >= 4 is 33.8 Å². The van der Waals surface area contributed by atoms with E-state index in [1.807, 2.05) is 18.2 Å². The smallest absolute Gasteiger partial charge is 0.227 e. The van der Waals surface area contributed by atoms with Gasteiger partial charge in [-0.05, 0) is 42.7 Å². The summed E-state index contributed by atoms with van der Waals surface area (Å²) >= 11 is 0. The highest BCUT2D eigenvalue weighted by Crippen LogP contribution is 2.35. The van der Waals surface area contributed by atoms with Crippen LogP contribution in [0, 0.1) is 11.7 Å². The van der Waals surface area contributed by atoms with Crippen molar-refractivity contribution in [1.82, 2.24) is 40.1 Å². The van der Waals surface area contributed by atoms with E-state index < -0.39 is 5.82 Å². The minimum Gasteiger partial charge on any atom is -0.324 e. The van der Waals surface area contributed by atoms with Crippen molar-refractivity contribution in [1.29, 1.82) is 0 Å². The highest BCUT2D eigenvalue weighted by Gasteiger charge is 2.26. The second-order valence-electron chi connectivity index (χ2n) is 9.24. The molecule has 0 radical (unpaired) electrons. The summed E-state index contributed by atoms with van der Waals surface area (Å²) in [4.78, 5) is 37.3. The van der Waals surface area contributed by atoms with Crippen LogP contribution in [-0.2, 0) is 4.79 Å². The number of hydrogen-bond donors (Lipinski definition) is 3. The number of aromatic amines is 2. The van der Waals surface area contributed by atoms with Gasteiger partial charge in [0.1, 0.15) is 17.0 Å². The third kappa shape index (κ3) is 3.67. The highest BCUT2D eigenvalue weighted by molar-refractivity contribution is 5.97. The van der Waals surface area contributed by atoms with E-state index in [-0.39, 0.29) is 34.1 Å². The van der Waals surface area contributed by atoms with Crippen LogP contribution in [0.5, 0.6) is 0 Å². The number of nitrogens with one attached hydrogen (secondary N) is 3. The molecule has 0 saturated heterocycles. The predicted molar refractivity (Wildman–Crippen MR) is 139 cm³/mol. The van der Waals surface area contributed by atoms with Crippen molar-refractivity contribution in [2.24, 2.45) is 5.92 Å². The van der Waals surface area contributed by atoms with Gasteiger partial charge in [0, 0.05) is 53.6 Å². The maximum absolute atomic E-state index is 16.0. The summed E-state index contributed by atoms with van der Waals surface area (Å²) in [5.41, 5.74) is 4.79. The molecule has 1 aliphatic carbocycles. The Bertz CT molecular complexity index is 1830. The lowest BCUT2D eigenvalue weighted by atomic mass is 9.85. The van der Waals surface area contributed by atoms with Crippen molar-refractivity contribution in [3.8, 4) is 33.8 Å². The van der Waals surface area contributed by atoms with Crippen LogP contribution in [0.25, 0.3) is 56.0 Å². The third-order valence-electron chi connectivity index (χ3n) is 6.92. The molecule has 1 saturated carbocycles. The quantitative estimate of drug-likeness (QED) is 0.303. The van der Waals surface area contributed by atoms with Gasteiger partial charge in [0.15, 0.2) is 17.1 Å². The lowest BCUT2D eigenvalue weighted by molar-refractivity contribution is -0.122. The van der Waals surface area contributed by atoms with E-state index in [1.54, 1.807) is 30.9 Å². The van der Waals surface area contributed by atoms with E-state index in [1.165, 1.54) is 12.4 Å². The van der Waals surface area contributed by atoms with Gasteiger partial charge in [-0.2, -0.15) is 5.10 Å². The van der Waals surface area contributed by atoms with Gasteiger partial charge in [0.05, 0.1) is 17.3 Å². The van der Waals surface area contributed by atoms with E-state index >= 15 is 4.39 Å². The molecule has 0 spiro atoms. The van der Waals surface area contributed by atoms with Crippen LogP contribution in [0.3, 0.4) is 0 Å². The predicted octanol–water partition coefficient (Wildman–Crippen LogP) is 4.90. The normalized spacial score (nSPS) is 13.6. The van der Waals surface area contributed by atoms with E-state index in [0.717, 1.165) is 30.4 Å². The average Bonchev–Trinajstić information content (AvgIpc) is 3.53. The number of aromatic nitrogens is 8. The maximum atomic E-state index is 16.0. The number of rotatable bonds is 5. The van der Waals surface area contributed by atoms with Gasteiger partial charge >= 0.3 is 0 Å². The van der Waals surface area contributed by atoms with Crippen LogP contribution in [0.4, 0.5) is 10.1 Å². The van der Waals surface area contributed by atoms with Crippen LogP contribution in [0.2, 0.25) is 0 Å². The topological polar surface area (TPSA) is 138 Å². The minimum atomic E-state index is -0.522. The van der Waals surface area contributed by atoms with Gasteiger partial charge in [0.2, 0.25) is 5.91 Å². The summed E-state index contributed by atoms with van der Waals surface area (Å²) in [5.74, 6) is -0.172. The van der Waals surface area contributed by atoms with Crippen LogP contribution in [0.15, 0.2) is 61.4 Å². The SMILES string of the molecule is O=C(Nc1cncc(-c2cnc3[nH]nc(-c4nc5c(-c6ccncc6)ccnc5[nH]4)c3c2F)c1)C1CCC1. The molecule has 0 aromatic carbocycles. The number of halogens is 1. The zero-order valence-electron chi connectivity index (χ0n) is 19.9. The number of anilines is 1. The van der Waals surface area contributed by atoms with Crippen molar-refractivity contribution in [3.05, 3.63) is 67.3 Å². The van der Waals surface area contributed by atoms with Crippen molar-refractivity contribution in [3.63, 3.8) is 0 Å². The number of hydrogen-bond acceptors (Lipinski definition) is 7. The number of nitrogens with zero attached hydrogens (tertiary/aromatic N) is 6. The molecule has 10 nitrogen and oxygen atoms in total. The number of carbonyl (C=O) groups is 1. The first kappa shape index (κ1) is 22.2. The Morgan fingerprint density at radius 1 is 0.947 bits per heavy atom. The molecule has 6 heterocycles. The number of pyridine rings is 4. The molecule has 0 aliphatic heterocycles. The second-order valence-corrected chi connectivity index (χ2v) is 9.24. The summed E-state index contributed by atoms with van der Waals surface area (Å²) < 4.78 is 16.0. The standard InChI is InChI=1S/C27H20FN9O/c28-21-19(16-10-17(12-30-11-16)33-27(38)15-2-1-3-15)13-32-24-20(21)23(36-37-24)26-34-22-18(6-9-31-25(22)35-26)14-4-7-29-8-5-14/h4-13,15H,1-3H2,(H,33,38)(H,31,34,35)(H,32,36,37). The van der Waals surface area contributed by atoms with Crippen molar-refractivity contribution in [2.75, 3.05) is 5.32 Å². The number of fused-ring (bicyclic) bond motifs is 2. The summed E-state index contributed by atoms with van der Waals surface area (Å²) in [7, 11) is 0. The Labute approximate surface area is 214 Å². The van der Waals surface area contributed by atoms with Crippen LogP contribution < -0.4 is 5.32 Å². The van der Waals surface area contributed by atoms with Gasteiger partial charge in [0.25, 0.3) is 0 Å². The number of carbonyl (C=O) groups excluding carboxylic acids is 1. The Morgan fingerprint density at radius 3 is 2.63 bits per heavy atom. The first-order chi connectivity index (χ1) is 18.7. The third-order valence-corrected chi connectivity index (χ3v) is 6.92. The summed E-state index contributed by atoms with van der Waals surface area (Å²) in [5, 5.41) is 10.2. The Kier molecular flexibility index (Phi) is 5.13. The Hall–Kier alpha value is -5.06. The zero-order valence-corrected chi connectivity index (χ0v) is 19.9. The fourth-order valence-electron chi connectivity index (χ4n) is 4.68. The largest absolute Gasteiger partial charge is 0.324 e. The lowest BCUT2D eigenvalue weighted by Crippen LogP contribution is -2.28. The van der Waals surface area contributed by atoms with Gasteiger partial charge in [-0.1, -0.05) is 6.42 Å². The van der Waals surface area contributed by atoms with Crippen molar-refractivity contribution < 1.29 is 9.18 Å². The molecular formula is C27H20FN9O. The number of amides is 1. The van der Waals surface area contributed by atoms with Gasteiger partial charge in [-0.15, -0.1) is 0 Å². The van der Waals surface area contributed by atoms with E-state index in [9.17, 15) is 4.79 Å². The first-order valence-electron chi connectivity index (χ1n) is 12.2. The average molecular weight is 506 g/mol. The number of imidazole rings is 1. The molecule has 6 aromatic rings. The fourth-order valence-corrected chi connectivity index (χ4v) is 4.68. The molecule has 186 valence electrons. The highest BCUT2D eigenvalue weighted by atomic mass is 19.1. The molecule has 11 heteroatoms. The zero-order chi connectivity index (χ0) is 25.6. The van der Waals surface area contributed by atoms with E-state index in [4.69, 9.17) is 4.98 Å². The lowest BCUT2D eigenvalue weighted by Gasteiger charge is -2.24. The Balaban J connectivity index is 1.30. The molecule has 1 aliphatic rings. The molecule has 1 fully saturated rings. The maximum Gasteiger partial charge on any atom is 0.227 e. The monoisotopic (exact) mass is 505 g/mol. The Morgan fingerprint density at radius 2 is 1.82 bits per heavy atom. The second kappa shape index (κ2) is 8.80. The molecule has 6 aromatic heterocycles. The summed E-state index contributed by atoms with van der Waals surface area (Å²) in [6.07, 6.45) is 12.5. The van der Waals surface area contributed by atoms with Crippen LogP contribution in [0.1, 0.15) is 19.3 Å². The molecule has 3 N–H and O–H groups in total. The molecule has 7 rings (SSSR count). The van der Waals surface area contributed by atoms with Crippen LogP contribution >= 0.6 is 0 Å². The van der Waals surface area contributed by atoms with Gasteiger partial charge < -0.3 is 10.3 Å². The number of H-pyrrole nitrogens is 2. The summed E-state index contributed by atoms with van der Waals surface area (Å²) in [6, 6.07) is 7.34. The van der Waals surface area contributed by atoms with E-state index in [2.05, 4.69) is 40.4 Å². The van der Waals surface area contributed by atoms with Crippen molar-refractivity contribution in [2.45, 2.75) is 19.3 Å². The van der Waals surface area contributed by atoms with E-state index in [0.29, 0.717) is 28.2 Å². The first-order valence-corrected chi connectivity index (χ1v) is 12.2. The molecule has 0 atom stereocenters.